The van der Waals surface area contributed by atoms with Gasteiger partial charge in [-0.15, -0.1) is 0 Å². The molecule has 1 amide bonds. The number of rotatable bonds is 3. The number of hydrogen-bond acceptors (Lipinski definition) is 4. The maximum absolute atomic E-state index is 10.9. The Hall–Kier alpha value is -2.14. The van der Waals surface area contributed by atoms with Crippen molar-refractivity contribution in [1.82, 2.24) is 9.97 Å². The number of halogens is 1. The SMILES string of the molecule is CC(=O)Nc1ccc(Nc2cc(Cl)ncn2)cc1. The highest BCUT2D eigenvalue weighted by atomic mass is 35.5. The van der Waals surface area contributed by atoms with E-state index in [0.717, 1.165) is 11.4 Å². The van der Waals surface area contributed by atoms with Crippen molar-refractivity contribution < 1.29 is 4.79 Å². The standard InChI is InChI=1S/C12H11ClN4O/c1-8(18)16-9-2-4-10(5-3-9)17-12-6-11(13)14-7-15-12/h2-7H,1H3,(H,16,18)(H,14,15,17). The summed E-state index contributed by atoms with van der Waals surface area (Å²) in [5, 5.41) is 6.15. The number of carbonyl (C=O) groups is 1. The lowest BCUT2D eigenvalue weighted by Crippen LogP contribution is -2.05. The Labute approximate surface area is 109 Å². The molecule has 1 heterocycles. The second-order valence-electron chi connectivity index (χ2n) is 3.61. The minimum absolute atomic E-state index is 0.0988. The Bertz CT molecular complexity index is 556. The maximum Gasteiger partial charge on any atom is 0.221 e. The van der Waals surface area contributed by atoms with Gasteiger partial charge in [-0.25, -0.2) is 9.97 Å². The molecule has 0 fully saturated rings. The fraction of sp³-hybridized carbons (Fsp3) is 0.0833. The van der Waals surface area contributed by atoms with Crippen molar-refractivity contribution in [2.75, 3.05) is 10.6 Å². The van der Waals surface area contributed by atoms with E-state index < -0.39 is 0 Å². The molecule has 0 bridgehead atoms. The molecule has 1 aromatic carbocycles. The second-order valence-corrected chi connectivity index (χ2v) is 4.00. The van der Waals surface area contributed by atoms with Gasteiger partial charge in [0.25, 0.3) is 0 Å². The van der Waals surface area contributed by atoms with Crippen LogP contribution in [-0.2, 0) is 4.79 Å². The Morgan fingerprint density at radius 2 is 1.83 bits per heavy atom. The lowest BCUT2D eigenvalue weighted by Gasteiger charge is -2.07. The summed E-state index contributed by atoms with van der Waals surface area (Å²) < 4.78 is 0. The van der Waals surface area contributed by atoms with Crippen molar-refractivity contribution in [2.45, 2.75) is 6.92 Å². The average molecular weight is 263 g/mol. The predicted molar refractivity (Wildman–Crippen MR) is 71.1 cm³/mol. The van der Waals surface area contributed by atoms with Gasteiger partial charge in [-0.2, -0.15) is 0 Å². The first-order valence-electron chi connectivity index (χ1n) is 5.26. The van der Waals surface area contributed by atoms with Gasteiger partial charge in [0.2, 0.25) is 5.91 Å². The van der Waals surface area contributed by atoms with Gasteiger partial charge in [-0.05, 0) is 24.3 Å². The largest absolute Gasteiger partial charge is 0.340 e. The third-order valence-corrected chi connectivity index (χ3v) is 2.32. The minimum Gasteiger partial charge on any atom is -0.340 e. The molecule has 0 unspecified atom stereocenters. The van der Waals surface area contributed by atoms with E-state index in [4.69, 9.17) is 11.6 Å². The van der Waals surface area contributed by atoms with Crippen molar-refractivity contribution in [2.24, 2.45) is 0 Å². The molecule has 92 valence electrons. The van der Waals surface area contributed by atoms with Gasteiger partial charge in [-0.1, -0.05) is 11.6 Å². The third-order valence-electron chi connectivity index (χ3n) is 2.11. The summed E-state index contributed by atoms with van der Waals surface area (Å²) in [6.07, 6.45) is 1.39. The number of carbonyl (C=O) groups excluding carboxylic acids is 1. The maximum atomic E-state index is 10.9. The lowest BCUT2D eigenvalue weighted by molar-refractivity contribution is -0.114. The first-order chi connectivity index (χ1) is 8.63. The minimum atomic E-state index is -0.0988. The van der Waals surface area contributed by atoms with Crippen LogP contribution in [0.2, 0.25) is 5.15 Å². The second kappa shape index (κ2) is 5.46. The van der Waals surface area contributed by atoms with E-state index in [-0.39, 0.29) is 5.91 Å². The van der Waals surface area contributed by atoms with E-state index in [9.17, 15) is 4.79 Å². The topological polar surface area (TPSA) is 66.9 Å². The fourth-order valence-electron chi connectivity index (χ4n) is 1.39. The van der Waals surface area contributed by atoms with E-state index in [1.165, 1.54) is 13.3 Å². The van der Waals surface area contributed by atoms with Gasteiger partial charge in [0, 0.05) is 24.4 Å². The van der Waals surface area contributed by atoms with Gasteiger partial charge >= 0.3 is 0 Å². The Kier molecular flexibility index (Phi) is 3.74. The smallest absolute Gasteiger partial charge is 0.221 e. The summed E-state index contributed by atoms with van der Waals surface area (Å²) in [5.74, 6) is 0.514. The first-order valence-corrected chi connectivity index (χ1v) is 5.63. The summed E-state index contributed by atoms with van der Waals surface area (Å²) in [6, 6.07) is 8.89. The Morgan fingerprint density at radius 3 is 2.44 bits per heavy atom. The van der Waals surface area contributed by atoms with Crippen LogP contribution in [0.15, 0.2) is 36.7 Å². The highest BCUT2D eigenvalue weighted by Crippen LogP contribution is 2.18. The molecule has 2 rings (SSSR count). The van der Waals surface area contributed by atoms with Crippen LogP contribution in [0.1, 0.15) is 6.92 Å². The van der Waals surface area contributed by atoms with E-state index in [0.29, 0.717) is 11.0 Å². The van der Waals surface area contributed by atoms with Crippen molar-refractivity contribution >= 4 is 34.7 Å². The molecule has 0 aliphatic carbocycles. The molecular weight excluding hydrogens is 252 g/mol. The van der Waals surface area contributed by atoms with Gasteiger partial charge in [-0.3, -0.25) is 4.79 Å². The monoisotopic (exact) mass is 262 g/mol. The lowest BCUT2D eigenvalue weighted by atomic mass is 10.2. The highest BCUT2D eigenvalue weighted by molar-refractivity contribution is 6.29. The Morgan fingerprint density at radius 1 is 1.17 bits per heavy atom. The molecule has 0 aliphatic heterocycles. The van der Waals surface area contributed by atoms with Crippen LogP contribution in [0.25, 0.3) is 0 Å². The molecule has 18 heavy (non-hydrogen) atoms. The first kappa shape index (κ1) is 12.3. The molecule has 6 heteroatoms. The molecule has 2 N–H and O–H groups in total. The van der Waals surface area contributed by atoms with Gasteiger partial charge in [0.05, 0.1) is 0 Å². The van der Waals surface area contributed by atoms with Crippen LogP contribution in [-0.4, -0.2) is 15.9 Å². The number of aromatic nitrogens is 2. The van der Waals surface area contributed by atoms with Gasteiger partial charge in [0.1, 0.15) is 17.3 Å². The van der Waals surface area contributed by atoms with E-state index in [1.807, 2.05) is 12.1 Å². The number of nitrogens with zero attached hydrogens (tertiary/aromatic N) is 2. The van der Waals surface area contributed by atoms with Crippen LogP contribution >= 0.6 is 11.6 Å². The van der Waals surface area contributed by atoms with E-state index in [2.05, 4.69) is 20.6 Å². The quantitative estimate of drug-likeness (QED) is 0.835. The van der Waals surface area contributed by atoms with Crippen LogP contribution in [0.5, 0.6) is 0 Å². The zero-order valence-corrected chi connectivity index (χ0v) is 10.4. The van der Waals surface area contributed by atoms with Crippen LogP contribution < -0.4 is 10.6 Å². The number of nitrogens with one attached hydrogen (secondary N) is 2. The summed E-state index contributed by atoms with van der Waals surface area (Å²) >= 11 is 5.75. The molecule has 0 radical (unpaired) electrons. The van der Waals surface area contributed by atoms with Crippen LogP contribution in [0, 0.1) is 0 Å². The number of amides is 1. The molecule has 0 atom stereocenters. The summed E-state index contributed by atoms with van der Waals surface area (Å²) in [7, 11) is 0. The molecule has 1 aromatic heterocycles. The molecule has 0 saturated heterocycles. The highest BCUT2D eigenvalue weighted by Gasteiger charge is 1.99. The summed E-state index contributed by atoms with van der Waals surface area (Å²) in [5.41, 5.74) is 1.59. The zero-order chi connectivity index (χ0) is 13.0. The van der Waals surface area contributed by atoms with Crippen LogP contribution in [0.3, 0.4) is 0 Å². The van der Waals surface area contributed by atoms with E-state index >= 15 is 0 Å². The molecule has 2 aromatic rings. The van der Waals surface area contributed by atoms with Crippen molar-refractivity contribution in [3.63, 3.8) is 0 Å². The Balaban J connectivity index is 2.08. The van der Waals surface area contributed by atoms with Gasteiger partial charge < -0.3 is 10.6 Å². The van der Waals surface area contributed by atoms with E-state index in [1.54, 1.807) is 18.2 Å². The summed E-state index contributed by atoms with van der Waals surface area (Å²) in [6.45, 7) is 1.47. The van der Waals surface area contributed by atoms with Crippen LogP contribution in [0.4, 0.5) is 17.2 Å². The number of anilines is 3. The molecule has 0 saturated carbocycles. The molecular formula is C12H11ClN4O. The molecule has 5 nitrogen and oxygen atoms in total. The van der Waals surface area contributed by atoms with Gasteiger partial charge in [0.15, 0.2) is 0 Å². The molecule has 0 aliphatic rings. The normalized spacial score (nSPS) is 9.89. The van der Waals surface area contributed by atoms with Crippen molar-refractivity contribution in [3.05, 3.63) is 41.8 Å². The van der Waals surface area contributed by atoms with Crippen molar-refractivity contribution in [3.8, 4) is 0 Å². The fourth-order valence-corrected chi connectivity index (χ4v) is 1.54. The number of hydrogen-bond donors (Lipinski definition) is 2. The van der Waals surface area contributed by atoms with Crippen molar-refractivity contribution in [1.29, 1.82) is 0 Å². The third kappa shape index (κ3) is 3.43. The predicted octanol–water partition coefficient (Wildman–Crippen LogP) is 2.83. The average Bonchev–Trinajstić information content (AvgIpc) is 2.31. The molecule has 0 spiro atoms. The number of benzene rings is 1. The summed E-state index contributed by atoms with van der Waals surface area (Å²) in [4.78, 5) is 18.7. The zero-order valence-electron chi connectivity index (χ0n) is 9.64.